The topological polar surface area (TPSA) is 78.3 Å². The fraction of sp³-hybridized carbons (Fsp3) is 0.133. The van der Waals surface area contributed by atoms with Crippen molar-refractivity contribution < 1.29 is 0 Å². The molecule has 6 nitrogen and oxygen atoms in total. The molecule has 0 aliphatic rings. The summed E-state index contributed by atoms with van der Waals surface area (Å²) in [7, 11) is 1.90. The van der Waals surface area contributed by atoms with Crippen LogP contribution >= 0.6 is 0 Å². The summed E-state index contributed by atoms with van der Waals surface area (Å²) in [6.45, 7) is 1.98. The minimum absolute atomic E-state index is 0.276. The van der Waals surface area contributed by atoms with Crippen LogP contribution in [-0.4, -0.2) is 14.8 Å². The van der Waals surface area contributed by atoms with E-state index < -0.39 is 0 Å². The Hall–Kier alpha value is -2.89. The van der Waals surface area contributed by atoms with Gasteiger partial charge in [0.15, 0.2) is 5.69 Å². The molecule has 6 heteroatoms. The lowest BCUT2D eigenvalue weighted by atomic mass is 10.2. The Morgan fingerprint density at radius 3 is 2.67 bits per heavy atom. The van der Waals surface area contributed by atoms with Gasteiger partial charge in [0.25, 0.3) is 5.56 Å². The van der Waals surface area contributed by atoms with Gasteiger partial charge in [-0.2, -0.15) is 5.11 Å². The molecule has 2 N–H and O–H groups in total. The zero-order valence-electron chi connectivity index (χ0n) is 11.8. The fourth-order valence-corrected chi connectivity index (χ4v) is 2.15. The van der Waals surface area contributed by atoms with Crippen LogP contribution in [0.3, 0.4) is 0 Å². The average molecular weight is 281 g/mol. The van der Waals surface area contributed by atoms with Gasteiger partial charge >= 0.3 is 0 Å². The first-order valence-corrected chi connectivity index (χ1v) is 6.56. The van der Waals surface area contributed by atoms with Gasteiger partial charge in [0, 0.05) is 13.2 Å². The van der Waals surface area contributed by atoms with E-state index in [1.165, 1.54) is 0 Å². The van der Waals surface area contributed by atoms with Crippen LogP contribution in [0.4, 0.5) is 11.4 Å². The molecule has 0 atom stereocenters. The summed E-state index contributed by atoms with van der Waals surface area (Å²) in [5, 5.41) is 13.7. The number of nitrogens with one attached hydrogen (secondary N) is 2. The Balaban J connectivity index is 2.02. The van der Waals surface area contributed by atoms with Gasteiger partial charge in [0.1, 0.15) is 5.69 Å². The van der Waals surface area contributed by atoms with E-state index in [-0.39, 0.29) is 11.2 Å². The van der Waals surface area contributed by atoms with Crippen LogP contribution < -0.4 is 5.56 Å². The van der Waals surface area contributed by atoms with Crippen LogP contribution in [0.2, 0.25) is 0 Å². The molecule has 0 fully saturated rings. The fourth-order valence-electron chi connectivity index (χ4n) is 2.15. The Morgan fingerprint density at radius 1 is 1.10 bits per heavy atom. The summed E-state index contributed by atoms with van der Waals surface area (Å²) in [6, 6.07) is 11.5. The van der Waals surface area contributed by atoms with Crippen molar-refractivity contribution in [3.63, 3.8) is 0 Å². The first-order chi connectivity index (χ1) is 10.1. The van der Waals surface area contributed by atoms with Gasteiger partial charge in [0.05, 0.1) is 11.4 Å². The molecule has 2 aromatic heterocycles. The van der Waals surface area contributed by atoms with Crippen molar-refractivity contribution in [1.82, 2.24) is 14.8 Å². The smallest absolute Gasteiger partial charge is 0.292 e. The number of benzene rings is 1. The van der Waals surface area contributed by atoms with Gasteiger partial charge in [-0.05, 0) is 36.8 Å². The second-order valence-electron chi connectivity index (χ2n) is 4.85. The number of hydrogen-bond acceptors (Lipinski definition) is 3. The van der Waals surface area contributed by atoms with Crippen LogP contribution in [0, 0.1) is 6.92 Å². The molecule has 21 heavy (non-hydrogen) atoms. The maximum atomic E-state index is 11.9. The average Bonchev–Trinajstić information content (AvgIpc) is 3.03. The van der Waals surface area contributed by atoms with Gasteiger partial charge in [-0.15, -0.1) is 5.11 Å². The molecule has 0 aliphatic heterocycles. The highest BCUT2D eigenvalue weighted by Crippen LogP contribution is 2.26. The van der Waals surface area contributed by atoms with Crippen molar-refractivity contribution >= 4 is 11.4 Å². The van der Waals surface area contributed by atoms with E-state index in [4.69, 9.17) is 0 Å². The molecule has 0 amide bonds. The second kappa shape index (κ2) is 5.24. The van der Waals surface area contributed by atoms with Crippen LogP contribution in [0.5, 0.6) is 0 Å². The van der Waals surface area contributed by atoms with E-state index in [0.29, 0.717) is 11.4 Å². The summed E-state index contributed by atoms with van der Waals surface area (Å²) in [5.41, 5.74) is 3.29. The van der Waals surface area contributed by atoms with Crippen LogP contribution in [0.15, 0.2) is 57.6 Å². The standard InChI is InChI=1S/C15H15N5O/c1-10-5-3-6-11(9-10)16-18-14-13(17-19-15(14)21)12-7-4-8-20(12)2/h3-9H,1-2H3,(H2,17,19,21). The number of azo groups is 1. The summed E-state index contributed by atoms with van der Waals surface area (Å²) < 4.78 is 1.91. The maximum absolute atomic E-state index is 11.9. The van der Waals surface area contributed by atoms with Crippen molar-refractivity contribution in [3.05, 3.63) is 58.5 Å². The van der Waals surface area contributed by atoms with E-state index in [0.717, 1.165) is 11.3 Å². The molecule has 106 valence electrons. The van der Waals surface area contributed by atoms with E-state index in [9.17, 15) is 4.79 Å². The van der Waals surface area contributed by atoms with Crippen molar-refractivity contribution in [3.8, 4) is 11.4 Å². The zero-order valence-corrected chi connectivity index (χ0v) is 11.8. The zero-order chi connectivity index (χ0) is 14.8. The Labute approximate surface area is 121 Å². The van der Waals surface area contributed by atoms with Crippen molar-refractivity contribution in [2.75, 3.05) is 0 Å². The molecule has 3 rings (SSSR count). The van der Waals surface area contributed by atoms with Gasteiger partial charge in [-0.1, -0.05) is 12.1 Å². The van der Waals surface area contributed by atoms with Gasteiger partial charge in [-0.3, -0.25) is 15.0 Å². The molecule has 0 saturated carbocycles. The van der Waals surface area contributed by atoms with Crippen LogP contribution in [0.1, 0.15) is 5.56 Å². The third-order valence-corrected chi connectivity index (χ3v) is 3.22. The van der Waals surface area contributed by atoms with Crippen molar-refractivity contribution in [1.29, 1.82) is 0 Å². The van der Waals surface area contributed by atoms with Gasteiger partial charge in [-0.25, -0.2) is 0 Å². The Kier molecular flexibility index (Phi) is 3.27. The molecule has 0 unspecified atom stereocenters. The normalized spacial score (nSPS) is 11.3. The van der Waals surface area contributed by atoms with Crippen molar-refractivity contribution in [2.24, 2.45) is 17.3 Å². The lowest BCUT2D eigenvalue weighted by Gasteiger charge is -2.00. The number of rotatable bonds is 3. The van der Waals surface area contributed by atoms with Crippen molar-refractivity contribution in [2.45, 2.75) is 6.92 Å². The monoisotopic (exact) mass is 281 g/mol. The molecule has 0 aliphatic carbocycles. The molecular formula is C15H15N5O. The molecule has 0 bridgehead atoms. The second-order valence-corrected chi connectivity index (χ2v) is 4.85. The highest BCUT2D eigenvalue weighted by molar-refractivity contribution is 5.68. The van der Waals surface area contributed by atoms with E-state index in [1.54, 1.807) is 0 Å². The Morgan fingerprint density at radius 2 is 1.95 bits per heavy atom. The third-order valence-electron chi connectivity index (χ3n) is 3.22. The van der Waals surface area contributed by atoms with E-state index in [1.807, 2.05) is 61.1 Å². The van der Waals surface area contributed by atoms with Crippen LogP contribution in [-0.2, 0) is 7.05 Å². The van der Waals surface area contributed by atoms with Gasteiger partial charge in [0.2, 0.25) is 0 Å². The molecule has 0 saturated heterocycles. The highest BCUT2D eigenvalue weighted by Gasteiger charge is 2.13. The summed E-state index contributed by atoms with van der Waals surface area (Å²) in [4.78, 5) is 11.9. The molecule has 2 heterocycles. The number of aromatic amines is 2. The van der Waals surface area contributed by atoms with Crippen LogP contribution in [0.25, 0.3) is 11.4 Å². The minimum atomic E-state index is -0.289. The lowest BCUT2D eigenvalue weighted by Crippen LogP contribution is -1.96. The quantitative estimate of drug-likeness (QED) is 0.709. The Bertz CT molecular complexity index is 853. The third kappa shape index (κ3) is 2.55. The van der Waals surface area contributed by atoms with Gasteiger partial charge < -0.3 is 4.57 Å². The first kappa shape index (κ1) is 13.1. The number of hydrogen-bond donors (Lipinski definition) is 2. The largest absolute Gasteiger partial charge is 0.349 e. The number of aromatic nitrogens is 3. The lowest BCUT2D eigenvalue weighted by molar-refractivity contribution is 0.925. The highest BCUT2D eigenvalue weighted by atomic mass is 16.1. The molecule has 0 spiro atoms. The van der Waals surface area contributed by atoms with E-state index >= 15 is 0 Å². The molecular weight excluding hydrogens is 266 g/mol. The predicted octanol–water partition coefficient (Wildman–Crippen LogP) is 3.43. The summed E-state index contributed by atoms with van der Waals surface area (Å²) >= 11 is 0. The number of H-pyrrole nitrogens is 2. The number of aryl methyl sites for hydroxylation is 2. The predicted molar refractivity (Wildman–Crippen MR) is 81.2 cm³/mol. The first-order valence-electron chi connectivity index (χ1n) is 6.56. The summed E-state index contributed by atoms with van der Waals surface area (Å²) in [6.07, 6.45) is 1.90. The molecule has 0 radical (unpaired) electrons. The maximum Gasteiger partial charge on any atom is 0.292 e. The minimum Gasteiger partial charge on any atom is -0.349 e. The van der Waals surface area contributed by atoms with E-state index in [2.05, 4.69) is 20.4 Å². The number of nitrogens with zero attached hydrogens (tertiary/aromatic N) is 3. The molecule has 1 aromatic carbocycles. The molecule has 3 aromatic rings. The SMILES string of the molecule is Cc1cccc(N=Nc2c(-c3cccn3C)[nH][nH]c2=O)c1. The summed E-state index contributed by atoms with van der Waals surface area (Å²) in [5.74, 6) is 0.